The molecular formula is C18H25N5O2. The standard InChI is InChI=1S/C18H25N5O2/c1-12-4-6-20-13(2)16(12)17(24)23-10-14-8-22(9-15(14)11-23)7-3-5-21-18(19)25/h4,6,10,15H,3,5,7-9,11H2,1-2H3,(H3,19,21,25). The van der Waals surface area contributed by atoms with E-state index in [9.17, 15) is 9.59 Å². The van der Waals surface area contributed by atoms with E-state index in [2.05, 4.69) is 15.2 Å². The number of nitrogens with zero attached hydrogens (tertiary/aromatic N) is 3. The lowest BCUT2D eigenvalue weighted by molar-refractivity contribution is 0.0818. The van der Waals surface area contributed by atoms with E-state index in [-0.39, 0.29) is 5.91 Å². The number of pyridine rings is 1. The van der Waals surface area contributed by atoms with Gasteiger partial charge in [-0.2, -0.15) is 0 Å². The van der Waals surface area contributed by atoms with Crippen molar-refractivity contribution in [2.45, 2.75) is 20.3 Å². The smallest absolute Gasteiger partial charge is 0.312 e. The molecule has 1 atom stereocenters. The summed E-state index contributed by atoms with van der Waals surface area (Å²) in [6, 6.07) is 1.41. The van der Waals surface area contributed by atoms with E-state index in [0.29, 0.717) is 18.0 Å². The molecule has 7 nitrogen and oxygen atoms in total. The van der Waals surface area contributed by atoms with Gasteiger partial charge in [0.15, 0.2) is 0 Å². The van der Waals surface area contributed by atoms with E-state index in [4.69, 9.17) is 5.73 Å². The summed E-state index contributed by atoms with van der Waals surface area (Å²) >= 11 is 0. The fourth-order valence-corrected chi connectivity index (χ4v) is 3.68. The Hall–Kier alpha value is -2.41. The van der Waals surface area contributed by atoms with Crippen LogP contribution in [0.4, 0.5) is 4.79 Å². The first-order valence-electron chi connectivity index (χ1n) is 8.65. The molecule has 25 heavy (non-hydrogen) atoms. The van der Waals surface area contributed by atoms with Gasteiger partial charge in [0.25, 0.3) is 5.91 Å². The number of nitrogens with two attached hydrogens (primary N) is 1. The second-order valence-corrected chi connectivity index (χ2v) is 6.83. The third-order valence-electron chi connectivity index (χ3n) is 4.92. The molecule has 0 spiro atoms. The number of likely N-dealkylation sites (tertiary alicyclic amines) is 1. The molecule has 0 saturated carbocycles. The van der Waals surface area contributed by atoms with Gasteiger partial charge in [0.2, 0.25) is 0 Å². The van der Waals surface area contributed by atoms with Crippen LogP contribution in [0, 0.1) is 19.8 Å². The highest BCUT2D eigenvalue weighted by molar-refractivity contribution is 5.97. The highest BCUT2D eigenvalue weighted by Gasteiger charge is 2.35. The topological polar surface area (TPSA) is 91.6 Å². The lowest BCUT2D eigenvalue weighted by atomic mass is 10.1. The van der Waals surface area contributed by atoms with Crippen molar-refractivity contribution in [1.29, 1.82) is 0 Å². The number of nitrogens with one attached hydrogen (secondary N) is 1. The van der Waals surface area contributed by atoms with Gasteiger partial charge in [-0.3, -0.25) is 14.7 Å². The van der Waals surface area contributed by atoms with Crippen molar-refractivity contribution >= 4 is 11.9 Å². The van der Waals surface area contributed by atoms with Crippen LogP contribution in [-0.2, 0) is 0 Å². The number of hydrogen-bond acceptors (Lipinski definition) is 4. The van der Waals surface area contributed by atoms with E-state index in [1.54, 1.807) is 6.20 Å². The van der Waals surface area contributed by atoms with Crippen LogP contribution in [0.2, 0.25) is 0 Å². The van der Waals surface area contributed by atoms with Crippen LogP contribution in [0.3, 0.4) is 0 Å². The Morgan fingerprint density at radius 1 is 1.36 bits per heavy atom. The van der Waals surface area contributed by atoms with Crippen LogP contribution >= 0.6 is 0 Å². The minimum Gasteiger partial charge on any atom is -0.352 e. The third kappa shape index (κ3) is 3.82. The summed E-state index contributed by atoms with van der Waals surface area (Å²) in [5.74, 6) is 0.451. The molecule has 1 unspecified atom stereocenters. The number of primary amides is 1. The number of aryl methyl sites for hydroxylation is 2. The first kappa shape index (κ1) is 17.4. The zero-order valence-corrected chi connectivity index (χ0v) is 14.8. The van der Waals surface area contributed by atoms with E-state index >= 15 is 0 Å². The van der Waals surface area contributed by atoms with Gasteiger partial charge in [0, 0.05) is 51.0 Å². The van der Waals surface area contributed by atoms with Crippen LogP contribution in [0.15, 0.2) is 24.0 Å². The zero-order chi connectivity index (χ0) is 18.0. The van der Waals surface area contributed by atoms with Crippen LogP contribution in [0.5, 0.6) is 0 Å². The quantitative estimate of drug-likeness (QED) is 0.781. The molecule has 1 aromatic rings. The fourth-order valence-electron chi connectivity index (χ4n) is 3.68. The van der Waals surface area contributed by atoms with Gasteiger partial charge < -0.3 is 16.0 Å². The second-order valence-electron chi connectivity index (χ2n) is 6.83. The predicted octanol–water partition coefficient (Wildman–Crippen LogP) is 1.03. The van der Waals surface area contributed by atoms with Gasteiger partial charge in [0.1, 0.15) is 0 Å². The molecule has 1 saturated heterocycles. The summed E-state index contributed by atoms with van der Waals surface area (Å²) in [6.45, 7) is 7.92. The van der Waals surface area contributed by atoms with Crippen molar-refractivity contribution in [3.8, 4) is 0 Å². The Bertz CT molecular complexity index is 695. The van der Waals surface area contributed by atoms with Crippen LogP contribution in [-0.4, -0.2) is 59.4 Å². The van der Waals surface area contributed by atoms with E-state index in [1.807, 2.05) is 31.0 Å². The molecule has 0 radical (unpaired) electrons. The maximum absolute atomic E-state index is 12.9. The largest absolute Gasteiger partial charge is 0.352 e. The molecule has 0 aliphatic carbocycles. The van der Waals surface area contributed by atoms with Crippen molar-refractivity contribution in [3.63, 3.8) is 0 Å². The van der Waals surface area contributed by atoms with E-state index in [0.717, 1.165) is 43.9 Å². The highest BCUT2D eigenvalue weighted by atomic mass is 16.2. The Morgan fingerprint density at radius 2 is 2.16 bits per heavy atom. The van der Waals surface area contributed by atoms with E-state index in [1.165, 1.54) is 5.57 Å². The number of fused-ring (bicyclic) bond motifs is 1. The van der Waals surface area contributed by atoms with Gasteiger partial charge in [-0.15, -0.1) is 0 Å². The summed E-state index contributed by atoms with van der Waals surface area (Å²) in [6.07, 6.45) is 4.63. The summed E-state index contributed by atoms with van der Waals surface area (Å²) in [7, 11) is 0. The second kappa shape index (κ2) is 7.23. The molecule has 1 aromatic heterocycles. The number of hydrogen-bond donors (Lipinski definition) is 2. The molecule has 1 fully saturated rings. The lowest BCUT2D eigenvalue weighted by Crippen LogP contribution is -2.33. The molecule has 0 bridgehead atoms. The molecule has 3 rings (SSSR count). The van der Waals surface area contributed by atoms with Crippen molar-refractivity contribution in [2.75, 3.05) is 32.7 Å². The molecule has 3 N–H and O–H groups in total. The fraction of sp³-hybridized carbons (Fsp3) is 0.500. The first-order chi connectivity index (χ1) is 12.0. The van der Waals surface area contributed by atoms with Gasteiger partial charge in [0.05, 0.1) is 11.3 Å². The Kier molecular flexibility index (Phi) is 5.03. The summed E-state index contributed by atoms with van der Waals surface area (Å²) in [5.41, 5.74) is 8.84. The van der Waals surface area contributed by atoms with Crippen LogP contribution < -0.4 is 11.1 Å². The minimum atomic E-state index is -0.476. The Balaban J connectivity index is 1.58. The SMILES string of the molecule is Cc1ccnc(C)c1C(=O)N1C=C2CN(CCCNC(N)=O)CC2C1. The Morgan fingerprint density at radius 3 is 2.84 bits per heavy atom. The number of aromatic nitrogens is 1. The monoisotopic (exact) mass is 343 g/mol. The van der Waals surface area contributed by atoms with E-state index < -0.39 is 6.03 Å². The maximum atomic E-state index is 12.9. The van der Waals surface area contributed by atoms with Crippen molar-refractivity contribution in [1.82, 2.24) is 20.1 Å². The molecule has 2 aliphatic rings. The van der Waals surface area contributed by atoms with Crippen molar-refractivity contribution in [3.05, 3.63) is 40.9 Å². The van der Waals surface area contributed by atoms with Crippen molar-refractivity contribution in [2.24, 2.45) is 11.7 Å². The van der Waals surface area contributed by atoms with Crippen molar-refractivity contribution < 1.29 is 9.59 Å². The molecule has 7 heteroatoms. The average molecular weight is 343 g/mol. The summed E-state index contributed by atoms with van der Waals surface area (Å²) in [4.78, 5) is 32.0. The molecule has 3 heterocycles. The molecule has 2 aliphatic heterocycles. The van der Waals surface area contributed by atoms with Crippen LogP contribution in [0.1, 0.15) is 28.0 Å². The zero-order valence-electron chi connectivity index (χ0n) is 14.8. The predicted molar refractivity (Wildman–Crippen MR) is 95.0 cm³/mol. The Labute approximate surface area is 147 Å². The van der Waals surface area contributed by atoms with Gasteiger partial charge in [-0.05, 0) is 37.5 Å². The molecule has 134 valence electrons. The molecule has 3 amide bonds. The number of carbonyl (C=O) groups is 2. The normalized spacial score (nSPS) is 19.7. The molecular weight excluding hydrogens is 318 g/mol. The van der Waals surface area contributed by atoms with Gasteiger partial charge in [-0.1, -0.05) is 0 Å². The maximum Gasteiger partial charge on any atom is 0.312 e. The average Bonchev–Trinajstić information content (AvgIpc) is 3.09. The summed E-state index contributed by atoms with van der Waals surface area (Å²) < 4.78 is 0. The van der Waals surface area contributed by atoms with Gasteiger partial charge in [-0.25, -0.2) is 4.79 Å². The lowest BCUT2D eigenvalue weighted by Gasteiger charge is -2.20. The van der Waals surface area contributed by atoms with Crippen LogP contribution in [0.25, 0.3) is 0 Å². The summed E-state index contributed by atoms with van der Waals surface area (Å²) in [5, 5.41) is 2.61. The first-order valence-corrected chi connectivity index (χ1v) is 8.65. The third-order valence-corrected chi connectivity index (χ3v) is 4.92. The number of amides is 3. The number of carbonyl (C=O) groups excluding carboxylic acids is 2. The molecule has 0 aromatic carbocycles. The van der Waals surface area contributed by atoms with Gasteiger partial charge >= 0.3 is 6.03 Å². The number of rotatable bonds is 5. The highest BCUT2D eigenvalue weighted by Crippen LogP contribution is 2.31. The minimum absolute atomic E-state index is 0.0437. The number of urea groups is 1.